The molecule has 1 aliphatic heterocycles. The first-order valence-corrected chi connectivity index (χ1v) is 6.73. The molecule has 0 spiro atoms. The van der Waals surface area contributed by atoms with E-state index in [-0.39, 0.29) is 11.8 Å². The number of carbonyl (C=O) groups is 1. The Kier molecular flexibility index (Phi) is 4.61. The predicted molar refractivity (Wildman–Crippen MR) is 77.3 cm³/mol. The van der Waals surface area contributed by atoms with Gasteiger partial charge in [0.05, 0.1) is 13.7 Å². The second kappa shape index (κ2) is 6.41. The second-order valence-corrected chi connectivity index (χ2v) is 5.24. The van der Waals surface area contributed by atoms with Gasteiger partial charge < -0.3 is 9.47 Å². The summed E-state index contributed by atoms with van der Waals surface area (Å²) in [5, 5.41) is 3.86. The van der Waals surface area contributed by atoms with Gasteiger partial charge >= 0.3 is 0 Å². The number of nitrogens with one attached hydrogen (secondary N) is 1. The molecule has 0 bridgehead atoms. The molecule has 0 radical (unpaired) electrons. The first kappa shape index (κ1) is 14.4. The van der Waals surface area contributed by atoms with Crippen molar-refractivity contribution in [2.24, 2.45) is 11.0 Å². The van der Waals surface area contributed by atoms with Crippen LogP contribution in [-0.2, 0) is 4.79 Å². The molecule has 20 heavy (non-hydrogen) atoms. The summed E-state index contributed by atoms with van der Waals surface area (Å²) in [5.74, 6) is 1.77. The van der Waals surface area contributed by atoms with Crippen molar-refractivity contribution < 1.29 is 14.3 Å². The van der Waals surface area contributed by atoms with Crippen LogP contribution >= 0.6 is 0 Å². The predicted octanol–water partition coefficient (Wildman–Crippen LogP) is 2.32. The van der Waals surface area contributed by atoms with Crippen molar-refractivity contribution in [2.75, 3.05) is 13.7 Å². The molecule has 0 saturated carbocycles. The van der Waals surface area contributed by atoms with Gasteiger partial charge in [0.25, 0.3) is 0 Å². The van der Waals surface area contributed by atoms with E-state index in [4.69, 9.17) is 9.47 Å². The van der Waals surface area contributed by atoms with Crippen molar-refractivity contribution in [1.82, 2.24) is 5.43 Å². The summed E-state index contributed by atoms with van der Waals surface area (Å²) in [7, 11) is 1.61. The van der Waals surface area contributed by atoms with Gasteiger partial charge in [-0.2, -0.15) is 5.10 Å². The number of hydrogen-bond donors (Lipinski definition) is 1. The summed E-state index contributed by atoms with van der Waals surface area (Å²) in [4.78, 5) is 11.4. The standard InChI is InChI=1S/C15H20N2O3/c1-10(2)9-20-13-5-4-11(6-14(13)19-3)12-7-15(18)17-16-8-12/h4-6,8,10,12H,7,9H2,1-3H3,(H,17,18). The Bertz CT molecular complexity index is 512. The van der Waals surface area contributed by atoms with Gasteiger partial charge in [-0.25, -0.2) is 5.43 Å². The highest BCUT2D eigenvalue weighted by molar-refractivity contribution is 5.86. The van der Waals surface area contributed by atoms with E-state index in [2.05, 4.69) is 24.4 Å². The van der Waals surface area contributed by atoms with Gasteiger partial charge in [-0.05, 0) is 23.6 Å². The highest BCUT2D eigenvalue weighted by atomic mass is 16.5. The van der Waals surface area contributed by atoms with Gasteiger partial charge in [-0.1, -0.05) is 19.9 Å². The van der Waals surface area contributed by atoms with Gasteiger partial charge in [-0.3, -0.25) is 4.79 Å². The number of amides is 1. The molecule has 0 aliphatic carbocycles. The molecule has 1 heterocycles. The average Bonchev–Trinajstić information content (AvgIpc) is 2.44. The zero-order valence-electron chi connectivity index (χ0n) is 12.1. The lowest BCUT2D eigenvalue weighted by Gasteiger charge is -2.18. The Balaban J connectivity index is 2.18. The second-order valence-electron chi connectivity index (χ2n) is 5.24. The molecule has 5 nitrogen and oxygen atoms in total. The molecule has 0 fully saturated rings. The van der Waals surface area contributed by atoms with Crippen LogP contribution in [0.3, 0.4) is 0 Å². The molecular weight excluding hydrogens is 256 g/mol. The fourth-order valence-corrected chi connectivity index (χ4v) is 1.99. The van der Waals surface area contributed by atoms with Gasteiger partial charge in [0, 0.05) is 18.6 Å². The largest absolute Gasteiger partial charge is 0.493 e. The van der Waals surface area contributed by atoms with Crippen molar-refractivity contribution in [1.29, 1.82) is 0 Å². The Morgan fingerprint density at radius 3 is 2.85 bits per heavy atom. The van der Waals surface area contributed by atoms with E-state index in [1.54, 1.807) is 13.3 Å². The van der Waals surface area contributed by atoms with Crippen LogP contribution in [0.15, 0.2) is 23.3 Å². The van der Waals surface area contributed by atoms with Crippen LogP contribution in [0, 0.1) is 5.92 Å². The minimum atomic E-state index is -0.0726. The number of hydrogen-bond acceptors (Lipinski definition) is 4. The molecule has 108 valence electrons. The van der Waals surface area contributed by atoms with Crippen molar-refractivity contribution >= 4 is 12.1 Å². The number of hydrazone groups is 1. The SMILES string of the molecule is COc1cc(C2C=NNC(=O)C2)ccc1OCC(C)C. The highest BCUT2D eigenvalue weighted by Gasteiger charge is 2.19. The Hall–Kier alpha value is -2.04. The maximum atomic E-state index is 11.4. The van der Waals surface area contributed by atoms with Gasteiger partial charge in [0.1, 0.15) is 0 Å². The lowest BCUT2D eigenvalue weighted by atomic mass is 9.95. The van der Waals surface area contributed by atoms with Crippen LogP contribution in [0.1, 0.15) is 31.7 Å². The summed E-state index contributed by atoms with van der Waals surface area (Å²) in [6.45, 7) is 4.83. The van der Waals surface area contributed by atoms with Crippen LogP contribution in [0.2, 0.25) is 0 Å². The molecule has 0 saturated heterocycles. The third kappa shape index (κ3) is 3.50. The molecule has 1 atom stereocenters. The monoisotopic (exact) mass is 276 g/mol. The fourth-order valence-electron chi connectivity index (χ4n) is 1.99. The lowest BCUT2D eigenvalue weighted by Crippen LogP contribution is -2.26. The molecule has 1 amide bonds. The summed E-state index contributed by atoms with van der Waals surface area (Å²) in [5.41, 5.74) is 3.43. The third-order valence-electron chi connectivity index (χ3n) is 3.04. The van der Waals surface area contributed by atoms with Crippen molar-refractivity contribution in [2.45, 2.75) is 26.2 Å². The number of carbonyl (C=O) groups excluding carboxylic acids is 1. The van der Waals surface area contributed by atoms with Crippen molar-refractivity contribution in [3.05, 3.63) is 23.8 Å². The Labute approximate surface area is 119 Å². The Morgan fingerprint density at radius 2 is 2.20 bits per heavy atom. The third-order valence-corrected chi connectivity index (χ3v) is 3.04. The number of ether oxygens (including phenoxy) is 2. The van der Waals surface area contributed by atoms with Gasteiger partial charge in [0.2, 0.25) is 5.91 Å². The first-order chi connectivity index (χ1) is 9.60. The zero-order valence-corrected chi connectivity index (χ0v) is 12.1. The highest BCUT2D eigenvalue weighted by Crippen LogP contribution is 2.32. The van der Waals surface area contributed by atoms with Crippen molar-refractivity contribution in [3.8, 4) is 11.5 Å². The fraction of sp³-hybridized carbons (Fsp3) is 0.467. The van der Waals surface area contributed by atoms with E-state index < -0.39 is 0 Å². The van der Waals surface area contributed by atoms with E-state index in [1.807, 2.05) is 18.2 Å². The van der Waals surface area contributed by atoms with Crippen LogP contribution in [0.4, 0.5) is 0 Å². The number of nitrogens with zero attached hydrogens (tertiary/aromatic N) is 1. The van der Waals surface area contributed by atoms with E-state index in [9.17, 15) is 4.79 Å². The lowest BCUT2D eigenvalue weighted by molar-refractivity contribution is -0.121. The minimum Gasteiger partial charge on any atom is -0.493 e. The van der Waals surface area contributed by atoms with E-state index in [0.717, 1.165) is 11.3 Å². The maximum Gasteiger partial charge on any atom is 0.241 e. The number of rotatable bonds is 5. The van der Waals surface area contributed by atoms with Crippen LogP contribution < -0.4 is 14.9 Å². The summed E-state index contributed by atoms with van der Waals surface area (Å²) >= 11 is 0. The Morgan fingerprint density at radius 1 is 1.40 bits per heavy atom. The van der Waals surface area contributed by atoms with Crippen molar-refractivity contribution in [3.63, 3.8) is 0 Å². The van der Waals surface area contributed by atoms with Crippen LogP contribution in [0.25, 0.3) is 0 Å². The van der Waals surface area contributed by atoms with E-state index in [0.29, 0.717) is 24.7 Å². The van der Waals surface area contributed by atoms with Crippen LogP contribution in [0.5, 0.6) is 11.5 Å². The van der Waals surface area contributed by atoms with Gasteiger partial charge in [-0.15, -0.1) is 0 Å². The topological polar surface area (TPSA) is 59.9 Å². The summed E-state index contributed by atoms with van der Waals surface area (Å²) in [6, 6.07) is 5.75. The molecule has 1 unspecified atom stereocenters. The maximum absolute atomic E-state index is 11.4. The number of benzene rings is 1. The first-order valence-electron chi connectivity index (χ1n) is 6.73. The molecule has 1 aliphatic rings. The average molecular weight is 276 g/mol. The van der Waals surface area contributed by atoms with Crippen LogP contribution in [-0.4, -0.2) is 25.8 Å². The smallest absolute Gasteiger partial charge is 0.241 e. The van der Waals surface area contributed by atoms with Gasteiger partial charge in [0.15, 0.2) is 11.5 Å². The molecule has 0 aromatic heterocycles. The van der Waals surface area contributed by atoms with E-state index >= 15 is 0 Å². The normalized spacial score (nSPS) is 18.0. The molecule has 1 N–H and O–H groups in total. The minimum absolute atomic E-state index is 0.0169. The summed E-state index contributed by atoms with van der Waals surface area (Å²) < 4.78 is 11.1. The molecular formula is C15H20N2O3. The molecule has 1 aromatic carbocycles. The molecule has 2 rings (SSSR count). The zero-order chi connectivity index (χ0) is 14.5. The quantitative estimate of drug-likeness (QED) is 0.897. The number of methoxy groups -OCH3 is 1. The summed E-state index contributed by atoms with van der Waals surface area (Å²) in [6.07, 6.45) is 2.14. The molecule has 1 aromatic rings. The van der Waals surface area contributed by atoms with E-state index in [1.165, 1.54) is 0 Å². The molecule has 5 heteroatoms.